The maximum Gasteiger partial charge on any atom is 0.228 e. The van der Waals surface area contributed by atoms with Gasteiger partial charge in [0.2, 0.25) is 5.91 Å². The number of phenols is 1. The highest BCUT2D eigenvalue weighted by Gasteiger charge is 2.05. The Labute approximate surface area is 135 Å². The van der Waals surface area contributed by atoms with Crippen molar-refractivity contribution in [3.63, 3.8) is 0 Å². The molecule has 3 rings (SSSR count). The molecule has 0 aliphatic carbocycles. The van der Waals surface area contributed by atoms with Crippen LogP contribution in [0, 0.1) is 0 Å². The van der Waals surface area contributed by atoms with E-state index in [-0.39, 0.29) is 11.7 Å². The van der Waals surface area contributed by atoms with Gasteiger partial charge in [-0.15, -0.1) is 0 Å². The van der Waals surface area contributed by atoms with Gasteiger partial charge in [0, 0.05) is 11.8 Å². The molecule has 3 aromatic carbocycles. The molecule has 3 aromatic rings. The largest absolute Gasteiger partial charge is 0.508 e. The maximum atomic E-state index is 12.1. The Balaban J connectivity index is 1.65. The molecule has 0 saturated heterocycles. The highest BCUT2D eigenvalue weighted by Crippen LogP contribution is 2.20. The topological polar surface area (TPSA) is 49.3 Å². The van der Waals surface area contributed by atoms with Gasteiger partial charge in [-0.05, 0) is 28.8 Å². The lowest BCUT2D eigenvalue weighted by atomic mass is 10.0. The molecule has 0 aliphatic heterocycles. The van der Waals surface area contributed by atoms with Crippen molar-refractivity contribution in [2.24, 2.45) is 0 Å². The highest BCUT2D eigenvalue weighted by atomic mass is 16.3. The smallest absolute Gasteiger partial charge is 0.228 e. The summed E-state index contributed by atoms with van der Waals surface area (Å²) in [5.41, 5.74) is 3.82. The number of rotatable bonds is 4. The molecule has 0 fully saturated rings. The Morgan fingerprint density at radius 2 is 1.52 bits per heavy atom. The van der Waals surface area contributed by atoms with Crippen molar-refractivity contribution in [3.8, 4) is 16.9 Å². The van der Waals surface area contributed by atoms with Gasteiger partial charge in [0.05, 0.1) is 6.42 Å². The minimum atomic E-state index is -0.108. The van der Waals surface area contributed by atoms with E-state index in [2.05, 4.69) is 17.4 Å². The van der Waals surface area contributed by atoms with Gasteiger partial charge in [-0.25, -0.2) is 0 Å². The third-order valence-corrected chi connectivity index (χ3v) is 3.56. The van der Waals surface area contributed by atoms with Gasteiger partial charge in [-0.2, -0.15) is 0 Å². The average molecular weight is 303 g/mol. The molecule has 3 heteroatoms. The molecule has 0 aromatic heterocycles. The SMILES string of the molecule is O=C(Cc1ccc(-c2ccccc2)cc1)Nc1cccc(O)c1. The van der Waals surface area contributed by atoms with E-state index >= 15 is 0 Å². The summed E-state index contributed by atoms with van der Waals surface area (Å²) in [6, 6.07) is 24.6. The third-order valence-electron chi connectivity index (χ3n) is 3.56. The van der Waals surface area contributed by atoms with Crippen molar-refractivity contribution in [2.45, 2.75) is 6.42 Å². The molecule has 0 saturated carbocycles. The van der Waals surface area contributed by atoms with Crippen molar-refractivity contribution < 1.29 is 9.90 Å². The fraction of sp³-hybridized carbons (Fsp3) is 0.0500. The Morgan fingerprint density at radius 3 is 2.22 bits per heavy atom. The summed E-state index contributed by atoms with van der Waals surface area (Å²) in [5.74, 6) is 0.0260. The molecule has 2 N–H and O–H groups in total. The zero-order chi connectivity index (χ0) is 16.1. The molecule has 3 nitrogen and oxygen atoms in total. The number of hydrogen-bond acceptors (Lipinski definition) is 2. The Hall–Kier alpha value is -3.07. The van der Waals surface area contributed by atoms with Crippen LogP contribution in [0.1, 0.15) is 5.56 Å². The molecular weight excluding hydrogens is 286 g/mol. The molecule has 1 amide bonds. The van der Waals surface area contributed by atoms with Crippen LogP contribution in [0.15, 0.2) is 78.9 Å². The summed E-state index contributed by atoms with van der Waals surface area (Å²) in [6.45, 7) is 0. The van der Waals surface area contributed by atoms with E-state index < -0.39 is 0 Å². The van der Waals surface area contributed by atoms with E-state index in [4.69, 9.17) is 0 Å². The third kappa shape index (κ3) is 3.98. The average Bonchev–Trinajstić information content (AvgIpc) is 2.56. The normalized spacial score (nSPS) is 10.3. The quantitative estimate of drug-likeness (QED) is 0.757. The maximum absolute atomic E-state index is 12.1. The zero-order valence-corrected chi connectivity index (χ0v) is 12.6. The van der Waals surface area contributed by atoms with E-state index in [1.54, 1.807) is 18.2 Å². The molecule has 0 bridgehead atoms. The van der Waals surface area contributed by atoms with Crippen LogP contribution in [-0.2, 0) is 11.2 Å². The second kappa shape index (κ2) is 6.79. The van der Waals surface area contributed by atoms with Crippen molar-refractivity contribution in [2.75, 3.05) is 5.32 Å². The summed E-state index contributed by atoms with van der Waals surface area (Å²) in [7, 11) is 0. The molecule has 23 heavy (non-hydrogen) atoms. The van der Waals surface area contributed by atoms with Crippen molar-refractivity contribution >= 4 is 11.6 Å². The first-order chi connectivity index (χ1) is 11.2. The van der Waals surface area contributed by atoms with Crippen molar-refractivity contribution in [1.29, 1.82) is 0 Å². The minimum Gasteiger partial charge on any atom is -0.508 e. The Kier molecular flexibility index (Phi) is 4.39. The molecule has 0 spiro atoms. The van der Waals surface area contributed by atoms with Crippen LogP contribution in [0.3, 0.4) is 0 Å². The predicted octanol–water partition coefficient (Wildman–Crippen LogP) is 4.24. The summed E-state index contributed by atoms with van der Waals surface area (Å²) in [6.07, 6.45) is 0.296. The molecule has 0 heterocycles. The van der Waals surface area contributed by atoms with E-state index in [1.807, 2.05) is 42.5 Å². The first-order valence-electron chi connectivity index (χ1n) is 7.44. The number of amides is 1. The summed E-state index contributed by atoms with van der Waals surface area (Å²) < 4.78 is 0. The number of aromatic hydroxyl groups is 1. The lowest BCUT2D eigenvalue weighted by Crippen LogP contribution is -2.14. The van der Waals surface area contributed by atoms with E-state index in [1.165, 1.54) is 6.07 Å². The van der Waals surface area contributed by atoms with Crippen molar-refractivity contribution in [1.82, 2.24) is 0 Å². The van der Waals surface area contributed by atoms with Crippen LogP contribution in [0.2, 0.25) is 0 Å². The molecule has 0 atom stereocenters. The van der Waals surface area contributed by atoms with Crippen molar-refractivity contribution in [3.05, 3.63) is 84.4 Å². The standard InChI is InChI=1S/C20H17NO2/c22-19-8-4-7-18(14-19)21-20(23)13-15-9-11-17(12-10-15)16-5-2-1-3-6-16/h1-12,14,22H,13H2,(H,21,23). The van der Waals surface area contributed by atoms with Crippen LogP contribution in [0.25, 0.3) is 11.1 Å². The van der Waals surface area contributed by atoms with E-state index in [9.17, 15) is 9.90 Å². The lowest BCUT2D eigenvalue weighted by Gasteiger charge is -2.07. The fourth-order valence-electron chi connectivity index (χ4n) is 2.42. The number of phenolic OH excluding ortho intramolecular Hbond substituents is 1. The Bertz CT molecular complexity index is 795. The first-order valence-corrected chi connectivity index (χ1v) is 7.44. The van der Waals surface area contributed by atoms with Crippen LogP contribution in [-0.4, -0.2) is 11.0 Å². The van der Waals surface area contributed by atoms with Crippen LogP contribution in [0.4, 0.5) is 5.69 Å². The molecule has 0 radical (unpaired) electrons. The Morgan fingerprint density at radius 1 is 0.826 bits per heavy atom. The molecule has 0 aliphatic rings. The number of anilines is 1. The van der Waals surface area contributed by atoms with E-state index in [0.29, 0.717) is 12.1 Å². The van der Waals surface area contributed by atoms with Crippen LogP contribution in [0.5, 0.6) is 5.75 Å². The number of hydrogen-bond donors (Lipinski definition) is 2. The van der Waals surface area contributed by atoms with Crippen LogP contribution < -0.4 is 5.32 Å². The first kappa shape index (κ1) is 14.9. The van der Waals surface area contributed by atoms with Gasteiger partial charge in [0.15, 0.2) is 0 Å². The second-order valence-electron chi connectivity index (χ2n) is 5.34. The van der Waals surface area contributed by atoms with Gasteiger partial charge in [-0.1, -0.05) is 60.7 Å². The van der Waals surface area contributed by atoms with Gasteiger partial charge in [-0.3, -0.25) is 4.79 Å². The summed E-state index contributed by atoms with van der Waals surface area (Å²) in [5, 5.41) is 12.2. The molecule has 114 valence electrons. The van der Waals surface area contributed by atoms with Gasteiger partial charge >= 0.3 is 0 Å². The summed E-state index contributed by atoms with van der Waals surface area (Å²) >= 11 is 0. The number of benzene rings is 3. The fourth-order valence-corrected chi connectivity index (χ4v) is 2.42. The van der Waals surface area contributed by atoms with Crippen LogP contribution >= 0.6 is 0 Å². The van der Waals surface area contributed by atoms with Gasteiger partial charge in [0.25, 0.3) is 0 Å². The predicted molar refractivity (Wildman–Crippen MR) is 92.3 cm³/mol. The number of nitrogens with one attached hydrogen (secondary N) is 1. The molecule has 0 unspecified atom stereocenters. The second-order valence-corrected chi connectivity index (χ2v) is 5.34. The number of carbonyl (C=O) groups is 1. The monoisotopic (exact) mass is 303 g/mol. The van der Waals surface area contributed by atoms with Gasteiger partial charge in [0.1, 0.15) is 5.75 Å². The lowest BCUT2D eigenvalue weighted by molar-refractivity contribution is -0.115. The number of carbonyl (C=O) groups excluding carboxylic acids is 1. The minimum absolute atomic E-state index is 0.108. The van der Waals surface area contributed by atoms with E-state index in [0.717, 1.165) is 16.7 Å². The highest BCUT2D eigenvalue weighted by molar-refractivity contribution is 5.92. The molecular formula is C20H17NO2. The summed E-state index contributed by atoms with van der Waals surface area (Å²) in [4.78, 5) is 12.1. The van der Waals surface area contributed by atoms with Gasteiger partial charge < -0.3 is 10.4 Å². The zero-order valence-electron chi connectivity index (χ0n) is 12.6.